The van der Waals surface area contributed by atoms with Gasteiger partial charge in [0.15, 0.2) is 11.6 Å². The molecule has 5 rings (SSSR count). The van der Waals surface area contributed by atoms with Gasteiger partial charge in [0, 0.05) is 41.2 Å². The Morgan fingerprint density at radius 1 is 1.31 bits per heavy atom. The number of nitrogens with one attached hydrogen (secondary N) is 4. The first kappa shape index (κ1) is 15.2. The van der Waals surface area contributed by atoms with E-state index in [0.29, 0.717) is 18.4 Å². The fraction of sp³-hybridized carbons (Fsp3) is 0.278. The summed E-state index contributed by atoms with van der Waals surface area (Å²) in [6.07, 6.45) is 11.6. The van der Waals surface area contributed by atoms with E-state index in [0.717, 1.165) is 27.9 Å². The van der Waals surface area contributed by atoms with Crippen LogP contribution in [0.25, 0.3) is 10.9 Å². The summed E-state index contributed by atoms with van der Waals surface area (Å²) >= 11 is 0. The summed E-state index contributed by atoms with van der Waals surface area (Å²) < 4.78 is 0. The number of aromatic nitrogens is 4. The highest BCUT2D eigenvalue weighted by atomic mass is 15.3. The maximum Gasteiger partial charge on any atom is 0.197 e. The quantitative estimate of drug-likeness (QED) is 0.490. The summed E-state index contributed by atoms with van der Waals surface area (Å²) in [7, 11) is 0. The topological polar surface area (TPSA) is 120 Å². The van der Waals surface area contributed by atoms with Gasteiger partial charge in [0.25, 0.3) is 0 Å². The number of fused-ring (bicyclic) bond motifs is 1. The summed E-state index contributed by atoms with van der Waals surface area (Å²) in [6.45, 7) is 0.495. The Labute approximate surface area is 150 Å². The van der Waals surface area contributed by atoms with E-state index in [9.17, 15) is 0 Å². The molecule has 3 aromatic rings. The molecule has 0 radical (unpaired) electrons. The fourth-order valence-electron chi connectivity index (χ4n) is 3.24. The zero-order valence-electron chi connectivity index (χ0n) is 14.2. The molecule has 1 aliphatic heterocycles. The molecule has 1 saturated carbocycles. The van der Waals surface area contributed by atoms with Crippen LogP contribution in [0.3, 0.4) is 0 Å². The van der Waals surface area contributed by atoms with Gasteiger partial charge in [0.2, 0.25) is 0 Å². The number of hydrogen-bond acceptors (Lipinski definition) is 4. The van der Waals surface area contributed by atoms with Crippen molar-refractivity contribution >= 4 is 16.9 Å². The first-order valence-electron chi connectivity index (χ1n) is 8.73. The van der Waals surface area contributed by atoms with Crippen molar-refractivity contribution in [1.29, 1.82) is 0 Å². The Hall–Kier alpha value is -3.13. The maximum atomic E-state index is 6.53. The number of aromatic amines is 2. The average Bonchev–Trinajstić information content (AvgIpc) is 3.18. The predicted octanol–water partition coefficient (Wildman–Crippen LogP) is 1.54. The van der Waals surface area contributed by atoms with Crippen LogP contribution in [0.15, 0.2) is 48.0 Å². The molecule has 0 saturated heterocycles. The molecule has 26 heavy (non-hydrogen) atoms. The molecule has 1 fully saturated rings. The molecule has 8 nitrogen and oxygen atoms in total. The molecule has 1 atom stereocenters. The lowest BCUT2D eigenvalue weighted by Gasteiger charge is -2.30. The number of nitrogens with two attached hydrogens (primary N) is 1. The monoisotopic (exact) mass is 348 g/mol. The van der Waals surface area contributed by atoms with Crippen LogP contribution in [0.2, 0.25) is 0 Å². The number of hydrogen-bond donors (Lipinski definition) is 5. The summed E-state index contributed by atoms with van der Waals surface area (Å²) in [5.41, 5.74) is 9.62. The second-order valence-corrected chi connectivity index (χ2v) is 6.86. The molecule has 1 unspecified atom stereocenters. The van der Waals surface area contributed by atoms with Crippen molar-refractivity contribution in [3.8, 4) is 0 Å². The second-order valence-electron chi connectivity index (χ2n) is 6.86. The van der Waals surface area contributed by atoms with E-state index in [1.807, 2.05) is 36.8 Å². The minimum absolute atomic E-state index is 0.495. The van der Waals surface area contributed by atoms with Crippen molar-refractivity contribution < 1.29 is 0 Å². The molecule has 3 aromatic heterocycles. The highest BCUT2D eigenvalue weighted by Gasteiger charge is 2.33. The summed E-state index contributed by atoms with van der Waals surface area (Å²) in [6, 6.07) is 4.08. The lowest BCUT2D eigenvalue weighted by Crippen LogP contribution is -2.57. The highest BCUT2D eigenvalue weighted by molar-refractivity contribution is 5.84. The van der Waals surface area contributed by atoms with Gasteiger partial charge >= 0.3 is 0 Å². The van der Waals surface area contributed by atoms with Crippen molar-refractivity contribution in [2.75, 3.05) is 0 Å². The number of aliphatic imine (C=N–C) groups is 1. The molecule has 0 amide bonds. The van der Waals surface area contributed by atoms with Gasteiger partial charge in [-0.05, 0) is 31.1 Å². The smallest absolute Gasteiger partial charge is 0.197 e. The van der Waals surface area contributed by atoms with E-state index in [2.05, 4.69) is 35.8 Å². The van der Waals surface area contributed by atoms with E-state index >= 15 is 0 Å². The third-order valence-electron chi connectivity index (χ3n) is 4.90. The van der Waals surface area contributed by atoms with Gasteiger partial charge in [0.1, 0.15) is 5.69 Å². The van der Waals surface area contributed by atoms with Crippen LogP contribution in [-0.2, 0) is 12.2 Å². The number of nitrogens with zero attached hydrogens (tertiary/aromatic N) is 3. The molecule has 1 aliphatic carbocycles. The Balaban J connectivity index is 1.37. The molecule has 4 heterocycles. The predicted molar refractivity (Wildman–Crippen MR) is 99.1 cm³/mol. The van der Waals surface area contributed by atoms with Crippen LogP contribution in [0.5, 0.6) is 0 Å². The van der Waals surface area contributed by atoms with Crippen LogP contribution in [0.4, 0.5) is 0 Å². The molecule has 8 heteroatoms. The minimum atomic E-state index is -0.883. The lowest BCUT2D eigenvalue weighted by molar-refractivity contribution is 0.483. The summed E-state index contributed by atoms with van der Waals surface area (Å²) in [4.78, 5) is 12.0. The zero-order valence-corrected chi connectivity index (χ0v) is 14.2. The van der Waals surface area contributed by atoms with Crippen molar-refractivity contribution in [2.45, 2.75) is 31.0 Å². The number of H-pyrrole nitrogens is 2. The Bertz CT molecular complexity index is 1010. The molecule has 6 N–H and O–H groups in total. The zero-order chi connectivity index (χ0) is 17.6. The van der Waals surface area contributed by atoms with Crippen molar-refractivity contribution in [3.05, 3.63) is 60.0 Å². The van der Waals surface area contributed by atoms with Crippen LogP contribution >= 0.6 is 0 Å². The van der Waals surface area contributed by atoms with Gasteiger partial charge in [-0.25, -0.2) is 4.99 Å². The van der Waals surface area contributed by atoms with Crippen LogP contribution < -0.4 is 16.4 Å². The molecular weight excluding hydrogens is 328 g/mol. The van der Waals surface area contributed by atoms with E-state index in [1.165, 1.54) is 12.8 Å². The fourth-order valence-corrected chi connectivity index (χ4v) is 3.24. The Morgan fingerprint density at radius 3 is 3.12 bits per heavy atom. The SMILES string of the molecule is NC1(c2cc(C3CC3)[nH]n2)C=CNC(=NCc2cncc3[nH]ccc23)N1. The first-order valence-corrected chi connectivity index (χ1v) is 8.73. The van der Waals surface area contributed by atoms with Crippen LogP contribution in [0.1, 0.15) is 35.7 Å². The van der Waals surface area contributed by atoms with Crippen molar-refractivity contribution in [3.63, 3.8) is 0 Å². The number of pyridine rings is 1. The van der Waals surface area contributed by atoms with Crippen molar-refractivity contribution in [2.24, 2.45) is 10.7 Å². The molecule has 0 bridgehead atoms. The first-order chi connectivity index (χ1) is 12.7. The van der Waals surface area contributed by atoms with Gasteiger partial charge in [-0.1, -0.05) is 0 Å². The molecule has 0 aromatic carbocycles. The van der Waals surface area contributed by atoms with Gasteiger partial charge < -0.3 is 21.4 Å². The van der Waals surface area contributed by atoms with Gasteiger partial charge in [-0.3, -0.25) is 10.1 Å². The summed E-state index contributed by atoms with van der Waals surface area (Å²) in [5.74, 6) is 1.21. The molecule has 0 spiro atoms. The van der Waals surface area contributed by atoms with Gasteiger partial charge in [0.05, 0.1) is 18.3 Å². The van der Waals surface area contributed by atoms with E-state index in [4.69, 9.17) is 5.73 Å². The van der Waals surface area contributed by atoms with Crippen molar-refractivity contribution in [1.82, 2.24) is 30.8 Å². The van der Waals surface area contributed by atoms with Gasteiger partial charge in [-0.15, -0.1) is 0 Å². The van der Waals surface area contributed by atoms with Crippen LogP contribution in [-0.4, -0.2) is 26.1 Å². The van der Waals surface area contributed by atoms with Gasteiger partial charge in [-0.2, -0.15) is 5.10 Å². The Morgan fingerprint density at radius 2 is 2.23 bits per heavy atom. The molecule has 132 valence electrons. The largest absolute Gasteiger partial charge is 0.360 e. The maximum absolute atomic E-state index is 6.53. The number of rotatable bonds is 4. The molecular formula is C18H20N8. The highest BCUT2D eigenvalue weighted by Crippen LogP contribution is 2.39. The Kier molecular flexibility index (Phi) is 3.32. The van der Waals surface area contributed by atoms with E-state index < -0.39 is 5.66 Å². The molecule has 2 aliphatic rings. The third-order valence-corrected chi connectivity index (χ3v) is 4.90. The van der Waals surface area contributed by atoms with E-state index in [-0.39, 0.29) is 0 Å². The van der Waals surface area contributed by atoms with E-state index in [1.54, 1.807) is 6.20 Å². The van der Waals surface area contributed by atoms with Crippen LogP contribution in [0, 0.1) is 0 Å². The third kappa shape index (κ3) is 2.64. The standard InChI is InChI=1S/C18H20N8/c19-18(16-7-14(25-26-16)11-1-2-11)4-6-22-17(24-18)23-9-12-8-20-10-15-13(12)3-5-21-15/h3-8,10-11,21H,1-2,9,19H2,(H,25,26)(H2,22,23,24). The number of guanidine groups is 1. The summed E-state index contributed by atoms with van der Waals surface area (Å²) in [5, 5.41) is 15.0. The normalized spacial score (nSPS) is 24.0. The second kappa shape index (κ2) is 5.70. The minimum Gasteiger partial charge on any atom is -0.360 e. The average molecular weight is 348 g/mol. The lowest BCUT2D eigenvalue weighted by atomic mass is 10.1.